The van der Waals surface area contributed by atoms with E-state index >= 15 is 0 Å². The van der Waals surface area contributed by atoms with E-state index in [-0.39, 0.29) is 0 Å². The van der Waals surface area contributed by atoms with Gasteiger partial charge in [0.15, 0.2) is 0 Å². The van der Waals surface area contributed by atoms with E-state index in [9.17, 15) is 0 Å². The van der Waals surface area contributed by atoms with Crippen molar-refractivity contribution in [3.8, 4) is 0 Å². The summed E-state index contributed by atoms with van der Waals surface area (Å²) >= 11 is 7.81. The number of halogens is 1. The molecule has 0 atom stereocenters. The van der Waals surface area contributed by atoms with Crippen molar-refractivity contribution in [2.45, 2.75) is 0 Å². The fourth-order valence-electron chi connectivity index (χ4n) is 1.62. The van der Waals surface area contributed by atoms with E-state index in [0.717, 1.165) is 9.72 Å². The molecule has 0 amide bonds. The summed E-state index contributed by atoms with van der Waals surface area (Å²) in [6.07, 6.45) is 3.70. The van der Waals surface area contributed by atoms with Crippen LogP contribution in [0.25, 0.3) is 20.2 Å². The molecule has 0 bridgehead atoms. The fraction of sp³-hybridized carbons (Fsp3) is 0. The molecule has 0 saturated heterocycles. The van der Waals surface area contributed by atoms with Crippen LogP contribution in [-0.4, -0.2) is 4.98 Å². The number of thiophene rings is 1. The summed E-state index contributed by atoms with van der Waals surface area (Å²) in [5.74, 6) is 0. The second kappa shape index (κ2) is 2.94. The van der Waals surface area contributed by atoms with E-state index < -0.39 is 0 Å². The summed E-state index contributed by atoms with van der Waals surface area (Å²) in [5, 5.41) is 3.28. The van der Waals surface area contributed by atoms with E-state index in [1.807, 2.05) is 30.6 Å². The molecule has 0 unspecified atom stereocenters. The highest BCUT2D eigenvalue weighted by atomic mass is 35.5. The molecule has 0 fully saturated rings. The highest BCUT2D eigenvalue weighted by molar-refractivity contribution is 7.26. The number of pyridine rings is 1. The Hall–Kier alpha value is -1.12. The zero-order valence-electron chi connectivity index (χ0n) is 7.20. The smallest absolute Gasteiger partial charge is 0.0584 e. The summed E-state index contributed by atoms with van der Waals surface area (Å²) in [4.78, 5) is 4.11. The van der Waals surface area contributed by atoms with Crippen molar-refractivity contribution < 1.29 is 0 Å². The van der Waals surface area contributed by atoms with Gasteiger partial charge in [-0.1, -0.05) is 23.7 Å². The maximum absolute atomic E-state index is 6.12. The Kier molecular flexibility index (Phi) is 1.72. The molecule has 1 aromatic carbocycles. The van der Waals surface area contributed by atoms with E-state index in [2.05, 4.69) is 11.1 Å². The van der Waals surface area contributed by atoms with Gasteiger partial charge in [-0.15, -0.1) is 11.3 Å². The van der Waals surface area contributed by atoms with Crippen LogP contribution in [0.3, 0.4) is 0 Å². The highest BCUT2D eigenvalue weighted by Crippen LogP contribution is 2.36. The van der Waals surface area contributed by atoms with Gasteiger partial charge in [-0.2, -0.15) is 0 Å². The fourth-order valence-corrected chi connectivity index (χ4v) is 2.98. The van der Waals surface area contributed by atoms with Crippen molar-refractivity contribution in [1.82, 2.24) is 4.98 Å². The summed E-state index contributed by atoms with van der Waals surface area (Å²) in [6.45, 7) is 0. The largest absolute Gasteiger partial charge is 0.263 e. The first-order valence-corrected chi connectivity index (χ1v) is 5.46. The van der Waals surface area contributed by atoms with Gasteiger partial charge in [0.05, 0.1) is 14.4 Å². The standard InChI is InChI=1S/C11H6ClNS/c12-9-3-1-2-8-7-4-5-13-6-10(7)14-11(8)9/h1-6H. The molecule has 3 aromatic rings. The quantitative estimate of drug-likeness (QED) is 0.555. The van der Waals surface area contributed by atoms with Crippen LogP contribution in [0.5, 0.6) is 0 Å². The van der Waals surface area contributed by atoms with E-state index in [1.54, 1.807) is 11.3 Å². The average molecular weight is 220 g/mol. The van der Waals surface area contributed by atoms with Crippen molar-refractivity contribution in [3.05, 3.63) is 41.7 Å². The molecule has 3 rings (SSSR count). The number of fused-ring (bicyclic) bond motifs is 3. The van der Waals surface area contributed by atoms with Crippen molar-refractivity contribution in [1.29, 1.82) is 0 Å². The number of hydrogen-bond acceptors (Lipinski definition) is 2. The van der Waals surface area contributed by atoms with Gasteiger partial charge in [0.1, 0.15) is 0 Å². The predicted molar refractivity (Wildman–Crippen MR) is 62.1 cm³/mol. The molecule has 2 aromatic heterocycles. The number of rotatable bonds is 0. The molecule has 3 heteroatoms. The predicted octanol–water partition coefficient (Wildman–Crippen LogP) is 4.10. The molecule has 2 heterocycles. The Balaban J connectivity index is 2.63. The van der Waals surface area contributed by atoms with Gasteiger partial charge in [0.25, 0.3) is 0 Å². The van der Waals surface area contributed by atoms with Gasteiger partial charge < -0.3 is 0 Å². The van der Waals surface area contributed by atoms with Gasteiger partial charge in [0.2, 0.25) is 0 Å². The minimum absolute atomic E-state index is 0.823. The van der Waals surface area contributed by atoms with Crippen molar-refractivity contribution in [3.63, 3.8) is 0 Å². The average Bonchev–Trinajstić information content (AvgIpc) is 2.59. The van der Waals surface area contributed by atoms with Crippen LogP contribution in [0.4, 0.5) is 0 Å². The molecule has 0 aliphatic heterocycles. The monoisotopic (exact) mass is 219 g/mol. The van der Waals surface area contributed by atoms with Gasteiger partial charge in [-0.05, 0) is 12.1 Å². The van der Waals surface area contributed by atoms with Crippen LogP contribution in [0.1, 0.15) is 0 Å². The van der Waals surface area contributed by atoms with Crippen LogP contribution in [-0.2, 0) is 0 Å². The maximum atomic E-state index is 6.12. The van der Waals surface area contributed by atoms with E-state index in [0.29, 0.717) is 0 Å². The molecular weight excluding hydrogens is 214 g/mol. The van der Waals surface area contributed by atoms with Crippen LogP contribution in [0, 0.1) is 0 Å². The topological polar surface area (TPSA) is 12.9 Å². The molecular formula is C11H6ClNS. The van der Waals surface area contributed by atoms with Gasteiger partial charge in [0, 0.05) is 23.2 Å². The minimum atomic E-state index is 0.823. The van der Waals surface area contributed by atoms with Crippen molar-refractivity contribution in [2.75, 3.05) is 0 Å². The lowest BCUT2D eigenvalue weighted by Gasteiger charge is -1.91. The van der Waals surface area contributed by atoms with Crippen LogP contribution in [0.2, 0.25) is 5.02 Å². The summed E-state index contributed by atoms with van der Waals surface area (Å²) in [5.41, 5.74) is 0. The second-order valence-electron chi connectivity index (χ2n) is 3.09. The molecule has 1 nitrogen and oxygen atoms in total. The lowest BCUT2D eigenvalue weighted by atomic mass is 10.2. The minimum Gasteiger partial charge on any atom is -0.263 e. The Morgan fingerprint density at radius 3 is 3.00 bits per heavy atom. The Labute approximate surface area is 90.0 Å². The first-order chi connectivity index (χ1) is 6.86. The van der Waals surface area contributed by atoms with Gasteiger partial charge in [-0.3, -0.25) is 4.98 Å². The van der Waals surface area contributed by atoms with Gasteiger partial charge in [-0.25, -0.2) is 0 Å². The molecule has 0 aliphatic carbocycles. The zero-order chi connectivity index (χ0) is 9.54. The third-order valence-corrected chi connectivity index (χ3v) is 3.87. The number of aromatic nitrogens is 1. The number of nitrogens with zero attached hydrogens (tertiary/aromatic N) is 1. The first-order valence-electron chi connectivity index (χ1n) is 4.27. The van der Waals surface area contributed by atoms with Crippen LogP contribution in [0.15, 0.2) is 36.7 Å². The van der Waals surface area contributed by atoms with E-state index in [1.165, 1.54) is 15.5 Å². The lowest BCUT2D eigenvalue weighted by molar-refractivity contribution is 1.37. The van der Waals surface area contributed by atoms with Crippen LogP contribution < -0.4 is 0 Å². The lowest BCUT2D eigenvalue weighted by Crippen LogP contribution is -1.68. The zero-order valence-corrected chi connectivity index (χ0v) is 8.77. The third kappa shape index (κ3) is 1.04. The second-order valence-corrected chi connectivity index (χ2v) is 4.55. The Bertz CT molecular complexity index is 615. The van der Waals surface area contributed by atoms with Gasteiger partial charge >= 0.3 is 0 Å². The molecule has 68 valence electrons. The Morgan fingerprint density at radius 2 is 2.07 bits per heavy atom. The number of benzene rings is 1. The Morgan fingerprint density at radius 1 is 1.14 bits per heavy atom. The molecule has 14 heavy (non-hydrogen) atoms. The molecule has 0 aliphatic rings. The number of hydrogen-bond donors (Lipinski definition) is 0. The molecule has 0 N–H and O–H groups in total. The summed E-state index contributed by atoms with van der Waals surface area (Å²) in [7, 11) is 0. The van der Waals surface area contributed by atoms with Crippen LogP contribution >= 0.6 is 22.9 Å². The first kappa shape index (κ1) is 8.21. The normalized spacial score (nSPS) is 11.2. The molecule has 0 radical (unpaired) electrons. The molecule has 0 spiro atoms. The summed E-state index contributed by atoms with van der Waals surface area (Å²) in [6, 6.07) is 8.04. The van der Waals surface area contributed by atoms with Crippen molar-refractivity contribution in [2.24, 2.45) is 0 Å². The maximum Gasteiger partial charge on any atom is 0.0584 e. The highest BCUT2D eigenvalue weighted by Gasteiger charge is 2.06. The summed E-state index contributed by atoms with van der Waals surface area (Å²) < 4.78 is 2.34. The van der Waals surface area contributed by atoms with Crippen molar-refractivity contribution >= 4 is 43.1 Å². The third-order valence-electron chi connectivity index (χ3n) is 2.25. The molecule has 0 saturated carbocycles. The SMILES string of the molecule is Clc1cccc2c1sc1cnccc12. The van der Waals surface area contributed by atoms with E-state index in [4.69, 9.17) is 11.6 Å².